The quantitative estimate of drug-likeness (QED) is 0.188. The molecule has 4 aromatic carbocycles. The minimum Gasteiger partial charge on any atom is -0.478 e. The van der Waals surface area contributed by atoms with Crippen molar-refractivity contribution in [2.24, 2.45) is 5.84 Å². The van der Waals surface area contributed by atoms with Gasteiger partial charge in [0, 0.05) is 23.4 Å². The van der Waals surface area contributed by atoms with Crippen LogP contribution in [-0.2, 0) is 10.2 Å². The second-order valence-electron chi connectivity index (χ2n) is 10.5. The van der Waals surface area contributed by atoms with Gasteiger partial charge in [-0.25, -0.2) is 15.0 Å². The van der Waals surface area contributed by atoms with E-state index in [0.29, 0.717) is 28.8 Å². The van der Waals surface area contributed by atoms with Gasteiger partial charge in [-0.05, 0) is 84.0 Å². The number of hydrazine groups is 1. The Morgan fingerprint density at radius 1 is 1.02 bits per heavy atom. The van der Waals surface area contributed by atoms with Crippen molar-refractivity contribution < 1.29 is 19.1 Å². The number of carboxylic acid groups (broad SMARTS) is 1. The van der Waals surface area contributed by atoms with Crippen molar-refractivity contribution >= 4 is 23.3 Å². The van der Waals surface area contributed by atoms with Gasteiger partial charge in [0.25, 0.3) is 0 Å². The van der Waals surface area contributed by atoms with Crippen molar-refractivity contribution in [1.82, 2.24) is 0 Å². The number of aromatic carboxylic acids is 1. The zero-order chi connectivity index (χ0) is 28.2. The third-order valence-electron chi connectivity index (χ3n) is 8.10. The summed E-state index contributed by atoms with van der Waals surface area (Å²) < 4.78 is 15.3. The van der Waals surface area contributed by atoms with Crippen LogP contribution < -0.4 is 16.2 Å². The highest BCUT2D eigenvalue weighted by Crippen LogP contribution is 2.65. The fourth-order valence-corrected chi connectivity index (χ4v) is 5.84. The summed E-state index contributed by atoms with van der Waals surface area (Å²) in [7, 11) is 0. The third-order valence-corrected chi connectivity index (χ3v) is 8.10. The zero-order valence-electron chi connectivity index (χ0n) is 22.1. The number of nitrogens with one attached hydrogen (secondary N) is 1. The number of nitrogens with zero attached hydrogens (tertiary/aromatic N) is 1. The second-order valence-corrected chi connectivity index (χ2v) is 10.5. The van der Waals surface area contributed by atoms with Gasteiger partial charge in [0.15, 0.2) is 0 Å². The number of carboxylic acids is 1. The Bertz CT molecular complexity index is 1700. The smallest absolute Gasteiger partial charge is 0.335 e. The maximum atomic E-state index is 15.3. The molecule has 2 unspecified atom stereocenters. The van der Waals surface area contributed by atoms with E-state index in [9.17, 15) is 14.7 Å². The minimum atomic E-state index is -0.996. The Labute approximate surface area is 231 Å². The Morgan fingerprint density at radius 2 is 1.68 bits per heavy atom. The first-order valence-electron chi connectivity index (χ1n) is 13.1. The first-order valence-corrected chi connectivity index (χ1v) is 13.1. The molecule has 1 heterocycles. The molecule has 2 atom stereocenters. The van der Waals surface area contributed by atoms with Crippen LogP contribution in [-0.4, -0.2) is 17.0 Å². The van der Waals surface area contributed by atoms with Crippen LogP contribution in [0.1, 0.15) is 46.3 Å². The molecule has 0 bridgehead atoms. The van der Waals surface area contributed by atoms with Gasteiger partial charge in [0.2, 0.25) is 5.91 Å². The summed E-state index contributed by atoms with van der Waals surface area (Å²) in [5.41, 5.74) is 6.07. The molecule has 0 radical (unpaired) electrons. The maximum absolute atomic E-state index is 15.3. The monoisotopic (exact) mass is 533 g/mol. The number of amides is 1. The van der Waals surface area contributed by atoms with E-state index < -0.39 is 17.2 Å². The standard InChI is InChI=1S/C33H28FN3O3/c1-3-14-37(35)24-12-10-21(11-13-24)20-6-8-22(9-7-20)26-16-27-30(17-29(26)34)36-32(40)33(27)18-28(33)23-5-4-19(2)25(15-23)31(38)39/h3-17,28H,18,35H2,1-2H3,(H,36,40)(H,38,39)/b14-3-. The van der Waals surface area contributed by atoms with Crippen LogP contribution in [0.5, 0.6) is 0 Å². The summed E-state index contributed by atoms with van der Waals surface area (Å²) in [6.07, 6.45) is 4.18. The van der Waals surface area contributed by atoms with Crippen LogP contribution in [0, 0.1) is 12.7 Å². The molecule has 0 saturated heterocycles. The average Bonchev–Trinajstić information content (AvgIpc) is 3.64. The maximum Gasteiger partial charge on any atom is 0.335 e. The SMILES string of the molecule is C/C=C\N(N)c1ccc(-c2ccc(-c3cc4c(cc3F)NC(=O)C43CC3c3ccc(C)c(C(=O)O)c3)cc2)cc1. The lowest BCUT2D eigenvalue weighted by molar-refractivity contribution is -0.118. The molecule has 6 rings (SSSR count). The molecule has 40 heavy (non-hydrogen) atoms. The van der Waals surface area contributed by atoms with Gasteiger partial charge in [-0.15, -0.1) is 0 Å². The lowest BCUT2D eigenvalue weighted by Crippen LogP contribution is -2.23. The normalized spacial score (nSPS) is 19.1. The third kappa shape index (κ3) is 4.06. The van der Waals surface area contributed by atoms with Crippen LogP contribution in [0.3, 0.4) is 0 Å². The number of anilines is 2. The molecule has 1 saturated carbocycles. The molecule has 1 amide bonds. The first-order chi connectivity index (χ1) is 19.2. The predicted octanol–water partition coefficient (Wildman–Crippen LogP) is 6.76. The van der Waals surface area contributed by atoms with Crippen LogP contribution in [0.2, 0.25) is 0 Å². The van der Waals surface area contributed by atoms with Crippen molar-refractivity contribution in [3.63, 3.8) is 0 Å². The summed E-state index contributed by atoms with van der Waals surface area (Å²) in [6, 6.07) is 24.0. The second kappa shape index (κ2) is 9.47. The molecule has 1 aliphatic carbocycles. The fourth-order valence-electron chi connectivity index (χ4n) is 5.84. The predicted molar refractivity (Wildman–Crippen MR) is 155 cm³/mol. The van der Waals surface area contributed by atoms with E-state index in [4.69, 9.17) is 5.84 Å². The lowest BCUT2D eigenvalue weighted by atomic mass is 9.88. The number of carbonyl (C=O) groups excluding carboxylic acids is 1. The highest BCUT2D eigenvalue weighted by molar-refractivity contribution is 6.10. The van der Waals surface area contributed by atoms with Gasteiger partial charge in [0.1, 0.15) is 5.82 Å². The number of allylic oxidation sites excluding steroid dienone is 1. The topological polar surface area (TPSA) is 95.7 Å². The number of hydrogen-bond acceptors (Lipinski definition) is 4. The highest BCUT2D eigenvalue weighted by Gasteiger charge is 2.65. The minimum absolute atomic E-state index is 0.173. The molecule has 4 N–H and O–H groups in total. The van der Waals surface area contributed by atoms with Gasteiger partial charge in [0.05, 0.1) is 16.7 Å². The molecule has 2 aliphatic rings. The van der Waals surface area contributed by atoms with E-state index in [2.05, 4.69) is 5.32 Å². The number of aryl methyl sites for hydroxylation is 1. The van der Waals surface area contributed by atoms with Crippen LogP contribution in [0.4, 0.5) is 15.8 Å². The first kappa shape index (κ1) is 25.5. The zero-order valence-corrected chi connectivity index (χ0v) is 22.1. The van der Waals surface area contributed by atoms with Crippen molar-refractivity contribution in [1.29, 1.82) is 0 Å². The number of rotatable bonds is 6. The van der Waals surface area contributed by atoms with Gasteiger partial charge in [-0.2, -0.15) is 0 Å². The molecular formula is C33H28FN3O3. The van der Waals surface area contributed by atoms with Crippen LogP contribution >= 0.6 is 0 Å². The number of carbonyl (C=O) groups is 2. The average molecular weight is 534 g/mol. The van der Waals surface area contributed by atoms with E-state index in [1.165, 1.54) is 6.07 Å². The molecule has 7 heteroatoms. The molecule has 200 valence electrons. The van der Waals surface area contributed by atoms with Crippen molar-refractivity contribution in [2.75, 3.05) is 10.3 Å². The largest absolute Gasteiger partial charge is 0.478 e. The van der Waals surface area contributed by atoms with E-state index in [1.54, 1.807) is 36.3 Å². The van der Waals surface area contributed by atoms with E-state index in [1.807, 2.05) is 67.6 Å². The van der Waals surface area contributed by atoms with Gasteiger partial charge in [-0.1, -0.05) is 54.6 Å². The highest BCUT2D eigenvalue weighted by atomic mass is 19.1. The molecule has 0 aromatic heterocycles. The van der Waals surface area contributed by atoms with E-state index >= 15 is 4.39 Å². The Morgan fingerprint density at radius 3 is 2.33 bits per heavy atom. The van der Waals surface area contributed by atoms with Crippen molar-refractivity contribution in [2.45, 2.75) is 31.6 Å². The van der Waals surface area contributed by atoms with Crippen LogP contribution in [0.25, 0.3) is 22.3 Å². The van der Waals surface area contributed by atoms with Gasteiger partial charge >= 0.3 is 5.97 Å². The summed E-state index contributed by atoms with van der Waals surface area (Å²) >= 11 is 0. The van der Waals surface area contributed by atoms with Crippen molar-refractivity contribution in [3.05, 3.63) is 119 Å². The number of fused-ring (bicyclic) bond motifs is 2. The Balaban J connectivity index is 1.31. The van der Waals surface area contributed by atoms with Gasteiger partial charge in [-0.3, -0.25) is 9.80 Å². The lowest BCUT2D eigenvalue weighted by Gasteiger charge is -2.14. The molecule has 1 fully saturated rings. The van der Waals surface area contributed by atoms with E-state index in [0.717, 1.165) is 27.9 Å². The Hall–Kier alpha value is -4.75. The summed E-state index contributed by atoms with van der Waals surface area (Å²) in [5, 5.41) is 14.0. The summed E-state index contributed by atoms with van der Waals surface area (Å²) in [5.74, 6) is 4.23. The summed E-state index contributed by atoms with van der Waals surface area (Å²) in [4.78, 5) is 24.9. The molecular weight excluding hydrogens is 505 g/mol. The molecule has 1 spiro atoms. The molecule has 1 aliphatic heterocycles. The molecule has 4 aromatic rings. The fraction of sp³-hybridized carbons (Fsp3) is 0.152. The Kier molecular flexibility index (Phi) is 6.04. The number of halogens is 1. The number of nitrogens with two attached hydrogens (primary N) is 1. The molecule has 6 nitrogen and oxygen atoms in total. The van der Waals surface area contributed by atoms with Gasteiger partial charge < -0.3 is 10.4 Å². The van der Waals surface area contributed by atoms with Crippen molar-refractivity contribution in [3.8, 4) is 22.3 Å². The number of benzene rings is 4. The summed E-state index contributed by atoms with van der Waals surface area (Å²) in [6.45, 7) is 3.65. The number of hydrogen-bond donors (Lipinski definition) is 3. The van der Waals surface area contributed by atoms with Crippen LogP contribution in [0.15, 0.2) is 91.1 Å². The van der Waals surface area contributed by atoms with E-state index in [-0.39, 0.29) is 17.4 Å².